The highest BCUT2D eigenvalue weighted by Gasteiger charge is 2.34. The van der Waals surface area contributed by atoms with Crippen LogP contribution in [0.15, 0.2) is 48.5 Å². The van der Waals surface area contributed by atoms with Gasteiger partial charge in [0.2, 0.25) is 5.91 Å². The molecule has 0 saturated carbocycles. The van der Waals surface area contributed by atoms with Crippen LogP contribution in [0.25, 0.3) is 0 Å². The topological polar surface area (TPSA) is 40.5 Å². The molecule has 0 aromatic heterocycles. The van der Waals surface area contributed by atoms with Crippen LogP contribution in [0.3, 0.4) is 0 Å². The summed E-state index contributed by atoms with van der Waals surface area (Å²) in [5.74, 6) is 0.121. The van der Waals surface area contributed by atoms with Gasteiger partial charge in [-0.1, -0.05) is 42.5 Å². The molecule has 1 aliphatic heterocycles. The number of fused-ring (bicyclic) bond motifs is 1. The Labute approximate surface area is 137 Å². The number of hydrogen-bond acceptors (Lipinski definition) is 2. The first-order chi connectivity index (χ1) is 11.0. The maximum absolute atomic E-state index is 12.7. The van der Waals surface area contributed by atoms with Gasteiger partial charge in [-0.2, -0.15) is 0 Å². The summed E-state index contributed by atoms with van der Waals surface area (Å²) < 4.78 is 0. The number of aryl methyl sites for hydroxylation is 2. The molecule has 2 aromatic rings. The molecule has 3 nitrogen and oxygen atoms in total. The van der Waals surface area contributed by atoms with Gasteiger partial charge in [0.15, 0.2) is 0 Å². The molecule has 0 bridgehead atoms. The third-order valence-corrected chi connectivity index (χ3v) is 4.77. The molecule has 23 heavy (non-hydrogen) atoms. The highest BCUT2D eigenvalue weighted by Crippen LogP contribution is 2.38. The van der Waals surface area contributed by atoms with Gasteiger partial charge in [-0.3, -0.25) is 4.79 Å². The largest absolute Gasteiger partial charge is 0.385 e. The molecule has 1 N–H and O–H groups in total. The molecule has 1 atom stereocenters. The quantitative estimate of drug-likeness (QED) is 0.941. The van der Waals surface area contributed by atoms with Crippen molar-refractivity contribution in [2.75, 3.05) is 11.4 Å². The predicted octanol–water partition coefficient (Wildman–Crippen LogP) is 3.57. The minimum absolute atomic E-state index is 0.121. The fraction of sp³-hybridized carbons (Fsp3) is 0.350. The Morgan fingerprint density at radius 3 is 2.65 bits per heavy atom. The molecular formula is C20H23NO2. The van der Waals surface area contributed by atoms with Crippen molar-refractivity contribution in [2.45, 2.75) is 38.7 Å². The van der Waals surface area contributed by atoms with Gasteiger partial charge in [0.05, 0.1) is 5.60 Å². The maximum atomic E-state index is 12.7. The number of benzene rings is 2. The zero-order valence-electron chi connectivity index (χ0n) is 13.7. The number of aliphatic hydroxyl groups is 1. The van der Waals surface area contributed by atoms with E-state index in [0.29, 0.717) is 19.4 Å². The van der Waals surface area contributed by atoms with E-state index in [1.54, 1.807) is 0 Å². The number of amides is 1. The van der Waals surface area contributed by atoms with Crippen molar-refractivity contribution in [1.29, 1.82) is 0 Å². The first kappa shape index (κ1) is 15.8. The number of hydrogen-bond donors (Lipinski definition) is 1. The molecule has 1 heterocycles. The first-order valence-corrected chi connectivity index (χ1v) is 8.16. The van der Waals surface area contributed by atoms with Gasteiger partial charge in [-0.05, 0) is 43.9 Å². The SMILES string of the molecule is Cc1ccccc1CCC(=O)N1CCC(C)(O)c2ccccc21. The van der Waals surface area contributed by atoms with Gasteiger partial charge >= 0.3 is 0 Å². The number of anilines is 1. The molecule has 0 spiro atoms. The van der Waals surface area contributed by atoms with Crippen LogP contribution < -0.4 is 4.90 Å². The van der Waals surface area contributed by atoms with Crippen LogP contribution in [0.2, 0.25) is 0 Å². The fourth-order valence-corrected chi connectivity index (χ4v) is 3.28. The first-order valence-electron chi connectivity index (χ1n) is 8.16. The van der Waals surface area contributed by atoms with Gasteiger partial charge < -0.3 is 10.0 Å². The summed E-state index contributed by atoms with van der Waals surface area (Å²) in [4.78, 5) is 14.5. The second-order valence-corrected chi connectivity index (χ2v) is 6.51. The van der Waals surface area contributed by atoms with Crippen molar-refractivity contribution in [3.05, 3.63) is 65.2 Å². The Morgan fingerprint density at radius 2 is 1.87 bits per heavy atom. The van der Waals surface area contributed by atoms with Crippen LogP contribution in [0.1, 0.15) is 36.5 Å². The van der Waals surface area contributed by atoms with E-state index in [9.17, 15) is 9.90 Å². The normalized spacial score (nSPS) is 20.2. The van der Waals surface area contributed by atoms with E-state index in [2.05, 4.69) is 19.1 Å². The van der Waals surface area contributed by atoms with E-state index in [-0.39, 0.29) is 5.91 Å². The summed E-state index contributed by atoms with van der Waals surface area (Å²) in [6.45, 7) is 4.46. The van der Waals surface area contributed by atoms with E-state index >= 15 is 0 Å². The van der Waals surface area contributed by atoms with Crippen LogP contribution in [0, 0.1) is 6.92 Å². The van der Waals surface area contributed by atoms with Crippen molar-refractivity contribution in [3.8, 4) is 0 Å². The molecule has 120 valence electrons. The van der Waals surface area contributed by atoms with Crippen molar-refractivity contribution in [2.24, 2.45) is 0 Å². The molecule has 0 saturated heterocycles. The lowest BCUT2D eigenvalue weighted by atomic mass is 9.87. The average molecular weight is 309 g/mol. The third kappa shape index (κ3) is 3.15. The zero-order chi connectivity index (χ0) is 16.4. The summed E-state index contributed by atoms with van der Waals surface area (Å²) in [6.07, 6.45) is 1.81. The fourth-order valence-electron chi connectivity index (χ4n) is 3.28. The standard InChI is InChI=1S/C20H23NO2/c1-15-7-3-4-8-16(15)11-12-19(22)21-14-13-20(2,23)17-9-5-6-10-18(17)21/h3-10,23H,11-14H2,1-2H3. The second-order valence-electron chi connectivity index (χ2n) is 6.51. The average Bonchev–Trinajstić information content (AvgIpc) is 2.54. The maximum Gasteiger partial charge on any atom is 0.227 e. The van der Waals surface area contributed by atoms with Gasteiger partial charge in [-0.15, -0.1) is 0 Å². The predicted molar refractivity (Wildman–Crippen MR) is 92.5 cm³/mol. The summed E-state index contributed by atoms with van der Waals surface area (Å²) >= 11 is 0. The highest BCUT2D eigenvalue weighted by molar-refractivity contribution is 5.95. The zero-order valence-corrected chi connectivity index (χ0v) is 13.7. The summed E-state index contributed by atoms with van der Waals surface area (Å²) in [6, 6.07) is 15.9. The van der Waals surface area contributed by atoms with Gasteiger partial charge in [0, 0.05) is 24.2 Å². The molecule has 3 heteroatoms. The van der Waals surface area contributed by atoms with Crippen LogP contribution in [0.4, 0.5) is 5.69 Å². The molecule has 1 unspecified atom stereocenters. The Kier molecular flexibility index (Phi) is 4.22. The second kappa shape index (κ2) is 6.17. The number of para-hydroxylation sites is 1. The lowest BCUT2D eigenvalue weighted by Gasteiger charge is -2.38. The minimum Gasteiger partial charge on any atom is -0.385 e. The lowest BCUT2D eigenvalue weighted by Crippen LogP contribution is -2.42. The van der Waals surface area contributed by atoms with Gasteiger partial charge in [-0.25, -0.2) is 0 Å². The lowest BCUT2D eigenvalue weighted by molar-refractivity contribution is -0.119. The van der Waals surface area contributed by atoms with Crippen LogP contribution in [0.5, 0.6) is 0 Å². The molecule has 0 aliphatic carbocycles. The Balaban J connectivity index is 1.77. The molecule has 3 rings (SSSR count). The molecule has 0 fully saturated rings. The van der Waals surface area contributed by atoms with Crippen LogP contribution in [-0.4, -0.2) is 17.6 Å². The number of nitrogens with zero attached hydrogens (tertiary/aromatic N) is 1. The summed E-state index contributed by atoms with van der Waals surface area (Å²) in [5.41, 5.74) is 3.28. The van der Waals surface area contributed by atoms with Gasteiger partial charge in [0.25, 0.3) is 0 Å². The monoisotopic (exact) mass is 309 g/mol. The molecular weight excluding hydrogens is 286 g/mol. The van der Waals surface area contributed by atoms with E-state index in [1.807, 2.05) is 48.2 Å². The smallest absolute Gasteiger partial charge is 0.227 e. The van der Waals surface area contributed by atoms with E-state index < -0.39 is 5.60 Å². The Hall–Kier alpha value is -2.13. The molecule has 1 aliphatic rings. The number of carbonyl (C=O) groups is 1. The third-order valence-electron chi connectivity index (χ3n) is 4.77. The molecule has 0 radical (unpaired) electrons. The highest BCUT2D eigenvalue weighted by atomic mass is 16.3. The van der Waals surface area contributed by atoms with E-state index in [4.69, 9.17) is 0 Å². The summed E-state index contributed by atoms with van der Waals surface area (Å²) in [5, 5.41) is 10.5. The van der Waals surface area contributed by atoms with Crippen molar-refractivity contribution < 1.29 is 9.90 Å². The van der Waals surface area contributed by atoms with Gasteiger partial charge in [0.1, 0.15) is 0 Å². The van der Waals surface area contributed by atoms with Crippen molar-refractivity contribution in [1.82, 2.24) is 0 Å². The van der Waals surface area contributed by atoms with Crippen molar-refractivity contribution >= 4 is 11.6 Å². The Bertz CT molecular complexity index is 721. The minimum atomic E-state index is -0.858. The molecule has 2 aromatic carbocycles. The van der Waals surface area contributed by atoms with E-state index in [1.165, 1.54) is 11.1 Å². The van der Waals surface area contributed by atoms with Crippen LogP contribution >= 0.6 is 0 Å². The summed E-state index contributed by atoms with van der Waals surface area (Å²) in [7, 11) is 0. The number of carbonyl (C=O) groups excluding carboxylic acids is 1. The van der Waals surface area contributed by atoms with E-state index in [0.717, 1.165) is 17.7 Å². The van der Waals surface area contributed by atoms with Crippen molar-refractivity contribution in [3.63, 3.8) is 0 Å². The molecule has 1 amide bonds. The number of rotatable bonds is 3. The Morgan fingerprint density at radius 1 is 1.17 bits per heavy atom. The van der Waals surface area contributed by atoms with Crippen LogP contribution in [-0.2, 0) is 16.8 Å².